The van der Waals surface area contributed by atoms with Gasteiger partial charge in [0.15, 0.2) is 0 Å². The van der Waals surface area contributed by atoms with E-state index in [2.05, 4.69) is 19.2 Å². The van der Waals surface area contributed by atoms with Gasteiger partial charge in [-0.05, 0) is 62.1 Å². The van der Waals surface area contributed by atoms with E-state index in [0.717, 1.165) is 19.3 Å². The minimum absolute atomic E-state index is 0.0676. The third-order valence-electron chi connectivity index (χ3n) is 5.57. The maximum absolute atomic E-state index is 13.3. The van der Waals surface area contributed by atoms with E-state index in [4.69, 9.17) is 4.74 Å². The van der Waals surface area contributed by atoms with Gasteiger partial charge in [0.05, 0.1) is 7.11 Å². The summed E-state index contributed by atoms with van der Waals surface area (Å²) in [4.78, 5) is 12.7. The third-order valence-corrected chi connectivity index (χ3v) is 7.42. The molecule has 3 rings (SSSR count). The average Bonchev–Trinajstić information content (AvgIpc) is 3.45. The van der Waals surface area contributed by atoms with Gasteiger partial charge in [-0.15, -0.1) is 0 Å². The number of hydrogen-bond acceptors (Lipinski definition) is 4. The number of nitrogens with zero attached hydrogens (tertiary/aromatic N) is 1. The SMILES string of the molecule is COc1ccc(C(=O)NC(C)C2CC2)cc1S(=O)(=O)N1CC(C)CC(C)C1. The Balaban J connectivity index is 1.89. The second kappa shape index (κ2) is 7.80. The topological polar surface area (TPSA) is 75.7 Å². The summed E-state index contributed by atoms with van der Waals surface area (Å²) in [5.41, 5.74) is 0.347. The molecule has 1 aliphatic carbocycles. The van der Waals surface area contributed by atoms with Gasteiger partial charge < -0.3 is 10.1 Å². The number of nitrogens with one attached hydrogen (secondary N) is 1. The van der Waals surface area contributed by atoms with E-state index >= 15 is 0 Å². The lowest BCUT2D eigenvalue weighted by Gasteiger charge is -2.34. The highest BCUT2D eigenvalue weighted by molar-refractivity contribution is 7.89. The molecule has 7 heteroatoms. The minimum Gasteiger partial charge on any atom is -0.495 e. The van der Waals surface area contributed by atoms with Gasteiger partial charge in [0.2, 0.25) is 10.0 Å². The summed E-state index contributed by atoms with van der Waals surface area (Å²) in [6.07, 6.45) is 3.29. The van der Waals surface area contributed by atoms with Gasteiger partial charge in [-0.3, -0.25) is 4.79 Å². The molecule has 3 atom stereocenters. The van der Waals surface area contributed by atoms with Crippen LogP contribution in [0.4, 0.5) is 0 Å². The molecular formula is C20H30N2O4S. The third kappa shape index (κ3) is 4.46. The molecule has 0 spiro atoms. The fourth-order valence-electron chi connectivity index (χ4n) is 3.96. The number of ether oxygens (including phenoxy) is 1. The van der Waals surface area contributed by atoms with E-state index in [9.17, 15) is 13.2 Å². The second-order valence-corrected chi connectivity index (χ2v) is 10.1. The number of methoxy groups -OCH3 is 1. The Morgan fingerprint density at radius 2 is 1.85 bits per heavy atom. The Kier molecular flexibility index (Phi) is 5.82. The molecule has 1 amide bonds. The van der Waals surface area contributed by atoms with E-state index in [0.29, 0.717) is 36.4 Å². The Hall–Kier alpha value is -1.60. The van der Waals surface area contributed by atoms with Crippen LogP contribution in [0.15, 0.2) is 23.1 Å². The van der Waals surface area contributed by atoms with E-state index in [1.165, 1.54) is 17.5 Å². The maximum atomic E-state index is 13.3. The molecule has 1 aliphatic heterocycles. The summed E-state index contributed by atoms with van der Waals surface area (Å²) in [5.74, 6) is 1.18. The van der Waals surface area contributed by atoms with Gasteiger partial charge in [-0.1, -0.05) is 13.8 Å². The fraction of sp³-hybridized carbons (Fsp3) is 0.650. The molecule has 1 heterocycles. The van der Waals surface area contributed by atoms with Gasteiger partial charge in [0.1, 0.15) is 10.6 Å². The number of carbonyl (C=O) groups is 1. The van der Waals surface area contributed by atoms with Gasteiger partial charge in [-0.25, -0.2) is 8.42 Å². The zero-order valence-electron chi connectivity index (χ0n) is 16.6. The lowest BCUT2D eigenvalue weighted by atomic mass is 9.94. The molecule has 2 fully saturated rings. The van der Waals surface area contributed by atoms with Crippen molar-refractivity contribution in [3.05, 3.63) is 23.8 Å². The van der Waals surface area contributed by atoms with Gasteiger partial charge in [0.25, 0.3) is 5.91 Å². The molecule has 1 aromatic rings. The van der Waals surface area contributed by atoms with Crippen LogP contribution < -0.4 is 10.1 Å². The van der Waals surface area contributed by atoms with Crippen molar-refractivity contribution in [2.75, 3.05) is 20.2 Å². The summed E-state index contributed by atoms with van der Waals surface area (Å²) >= 11 is 0. The molecule has 1 saturated heterocycles. The second-order valence-electron chi connectivity index (χ2n) is 8.23. The first-order valence-corrected chi connectivity index (χ1v) is 11.2. The van der Waals surface area contributed by atoms with Gasteiger partial charge >= 0.3 is 0 Å². The molecular weight excluding hydrogens is 364 g/mol. The molecule has 1 aromatic carbocycles. The van der Waals surface area contributed by atoms with E-state index < -0.39 is 10.0 Å². The summed E-state index contributed by atoms with van der Waals surface area (Å²) < 4.78 is 33.4. The maximum Gasteiger partial charge on any atom is 0.251 e. The summed E-state index contributed by atoms with van der Waals surface area (Å²) in [7, 11) is -2.28. The Morgan fingerprint density at radius 3 is 2.41 bits per heavy atom. The van der Waals surface area contributed by atoms with Crippen molar-refractivity contribution >= 4 is 15.9 Å². The molecule has 3 unspecified atom stereocenters. The lowest BCUT2D eigenvalue weighted by molar-refractivity contribution is 0.0935. The van der Waals surface area contributed by atoms with E-state index in [1.807, 2.05) is 6.92 Å². The summed E-state index contributed by atoms with van der Waals surface area (Å²) in [6, 6.07) is 4.74. The van der Waals surface area contributed by atoms with Crippen molar-refractivity contribution in [3.63, 3.8) is 0 Å². The minimum atomic E-state index is -3.73. The fourth-order valence-corrected chi connectivity index (χ4v) is 5.83. The normalized spacial score (nSPS) is 25.0. The Morgan fingerprint density at radius 1 is 1.22 bits per heavy atom. The predicted molar refractivity (Wildman–Crippen MR) is 104 cm³/mol. The molecule has 150 valence electrons. The lowest BCUT2D eigenvalue weighted by Crippen LogP contribution is -2.42. The number of piperidine rings is 1. The zero-order chi connectivity index (χ0) is 19.8. The van der Waals surface area contributed by atoms with Gasteiger partial charge in [0, 0.05) is 24.7 Å². The van der Waals surface area contributed by atoms with Crippen LogP contribution in [0.2, 0.25) is 0 Å². The van der Waals surface area contributed by atoms with Crippen LogP contribution in [-0.2, 0) is 10.0 Å². The zero-order valence-corrected chi connectivity index (χ0v) is 17.4. The standard InChI is InChI=1S/C20H30N2O4S/c1-13-9-14(2)12-22(11-13)27(24,25)19-10-17(7-8-18(19)26-4)20(23)21-15(3)16-5-6-16/h7-8,10,13-16H,5-6,9,11-12H2,1-4H3,(H,21,23). The van der Waals surface area contributed by atoms with Crippen molar-refractivity contribution in [1.82, 2.24) is 9.62 Å². The first-order chi connectivity index (χ1) is 12.7. The molecule has 1 N–H and O–H groups in total. The number of hydrogen-bond donors (Lipinski definition) is 1. The highest BCUT2D eigenvalue weighted by atomic mass is 32.2. The number of rotatable bonds is 6. The van der Waals surface area contributed by atoms with Crippen LogP contribution in [0, 0.1) is 17.8 Å². The van der Waals surface area contributed by atoms with Crippen molar-refractivity contribution in [3.8, 4) is 5.75 Å². The molecule has 2 aliphatic rings. The van der Waals surface area contributed by atoms with E-state index in [1.54, 1.807) is 12.1 Å². The van der Waals surface area contributed by atoms with Crippen LogP contribution in [0.3, 0.4) is 0 Å². The molecule has 6 nitrogen and oxygen atoms in total. The van der Waals surface area contributed by atoms with Crippen molar-refractivity contribution in [2.24, 2.45) is 17.8 Å². The Bertz CT molecular complexity index is 794. The van der Waals surface area contributed by atoms with E-state index in [-0.39, 0.29) is 22.6 Å². The van der Waals surface area contributed by atoms with Crippen LogP contribution in [0.25, 0.3) is 0 Å². The monoisotopic (exact) mass is 394 g/mol. The van der Waals surface area contributed by atoms with Crippen molar-refractivity contribution in [2.45, 2.75) is 51.0 Å². The molecule has 27 heavy (non-hydrogen) atoms. The largest absolute Gasteiger partial charge is 0.495 e. The molecule has 0 aromatic heterocycles. The highest BCUT2D eigenvalue weighted by Gasteiger charge is 2.34. The number of sulfonamides is 1. The van der Waals surface area contributed by atoms with Crippen LogP contribution in [0.1, 0.15) is 50.4 Å². The van der Waals surface area contributed by atoms with Crippen LogP contribution in [-0.4, -0.2) is 44.9 Å². The molecule has 1 saturated carbocycles. The predicted octanol–water partition coefficient (Wildman–Crippen LogP) is 2.89. The summed E-state index contributed by atoms with van der Waals surface area (Å²) in [6.45, 7) is 7.11. The number of benzene rings is 1. The molecule has 0 bridgehead atoms. The average molecular weight is 395 g/mol. The van der Waals surface area contributed by atoms with Crippen LogP contribution in [0.5, 0.6) is 5.75 Å². The Labute approximate surface area is 162 Å². The first kappa shape index (κ1) is 20.1. The quantitative estimate of drug-likeness (QED) is 0.805. The van der Waals surface area contributed by atoms with Gasteiger partial charge in [-0.2, -0.15) is 4.31 Å². The smallest absolute Gasteiger partial charge is 0.251 e. The van der Waals surface area contributed by atoms with Crippen molar-refractivity contribution < 1.29 is 17.9 Å². The van der Waals surface area contributed by atoms with Crippen molar-refractivity contribution in [1.29, 1.82) is 0 Å². The van der Waals surface area contributed by atoms with Crippen LogP contribution >= 0.6 is 0 Å². The number of carbonyl (C=O) groups excluding carboxylic acids is 1. The molecule has 0 radical (unpaired) electrons. The summed E-state index contributed by atoms with van der Waals surface area (Å²) in [5, 5.41) is 2.98. The first-order valence-electron chi connectivity index (χ1n) is 9.71. The highest BCUT2D eigenvalue weighted by Crippen LogP contribution is 2.34. The number of amides is 1.